The van der Waals surface area contributed by atoms with E-state index in [0.717, 1.165) is 18.1 Å². The predicted octanol–water partition coefficient (Wildman–Crippen LogP) is 3.82. The molecule has 0 saturated heterocycles. The fourth-order valence-corrected chi connectivity index (χ4v) is 1.97. The smallest absolute Gasteiger partial charge is 0.119 e. The molecule has 0 atom stereocenters. The van der Waals surface area contributed by atoms with Crippen molar-refractivity contribution in [2.75, 3.05) is 13.2 Å². The number of aliphatic hydroxyl groups excluding tert-OH is 1. The minimum atomic E-state index is 0.0671. The van der Waals surface area contributed by atoms with Gasteiger partial charge in [0.05, 0.1) is 6.61 Å². The molecule has 1 aromatic carbocycles. The molecular formula is C16H26O2. The summed E-state index contributed by atoms with van der Waals surface area (Å²) in [5.41, 5.74) is 1.37. The van der Waals surface area contributed by atoms with Gasteiger partial charge in [-0.1, -0.05) is 45.2 Å². The summed E-state index contributed by atoms with van der Waals surface area (Å²) >= 11 is 0. The van der Waals surface area contributed by atoms with Crippen molar-refractivity contribution in [3.05, 3.63) is 29.8 Å². The molecule has 1 aromatic rings. The largest absolute Gasteiger partial charge is 0.491 e. The summed E-state index contributed by atoms with van der Waals surface area (Å²) in [6.45, 7) is 5.00. The molecule has 2 nitrogen and oxygen atoms in total. The molecular weight excluding hydrogens is 224 g/mol. The van der Waals surface area contributed by atoms with E-state index in [-0.39, 0.29) is 6.61 Å². The number of unbranched alkanes of at least 4 members (excludes halogenated alkanes) is 2. The molecule has 0 heterocycles. The first-order chi connectivity index (χ1) is 8.72. The fraction of sp³-hybridized carbons (Fsp3) is 0.625. The van der Waals surface area contributed by atoms with Gasteiger partial charge in [-0.3, -0.25) is 0 Å². The first-order valence-corrected chi connectivity index (χ1v) is 7.05. The number of benzene rings is 1. The number of aryl methyl sites for hydroxylation is 1. The molecule has 0 aromatic heterocycles. The van der Waals surface area contributed by atoms with Crippen molar-refractivity contribution in [3.8, 4) is 5.75 Å². The zero-order valence-electron chi connectivity index (χ0n) is 11.7. The molecule has 102 valence electrons. The van der Waals surface area contributed by atoms with Gasteiger partial charge in [0, 0.05) is 0 Å². The van der Waals surface area contributed by atoms with Crippen LogP contribution in [-0.4, -0.2) is 18.3 Å². The molecule has 0 amide bonds. The minimum absolute atomic E-state index is 0.0671. The number of rotatable bonds is 9. The second kappa shape index (κ2) is 8.98. The Hall–Kier alpha value is -1.02. The molecule has 0 aliphatic heterocycles. The quantitative estimate of drug-likeness (QED) is 0.675. The Bertz CT molecular complexity index is 303. The lowest BCUT2D eigenvalue weighted by molar-refractivity contribution is 0.201. The highest BCUT2D eigenvalue weighted by molar-refractivity contribution is 5.27. The van der Waals surface area contributed by atoms with Crippen LogP contribution in [0.25, 0.3) is 0 Å². The third-order valence-electron chi connectivity index (χ3n) is 3.03. The maximum atomic E-state index is 8.66. The van der Waals surface area contributed by atoms with Crippen LogP contribution in [0, 0.1) is 5.92 Å². The zero-order valence-corrected chi connectivity index (χ0v) is 11.7. The molecule has 0 fully saturated rings. The standard InChI is InChI=1S/C16H26O2/c1-14(2)6-4-3-5-7-15-8-10-16(11-9-15)18-13-12-17/h8-11,14,17H,3-7,12-13H2,1-2H3. The normalized spacial score (nSPS) is 10.9. The highest BCUT2D eigenvalue weighted by Crippen LogP contribution is 2.15. The van der Waals surface area contributed by atoms with Crippen molar-refractivity contribution in [2.24, 2.45) is 5.92 Å². The molecule has 2 heteroatoms. The average Bonchev–Trinajstić information content (AvgIpc) is 2.37. The zero-order chi connectivity index (χ0) is 13.2. The van der Waals surface area contributed by atoms with Crippen LogP contribution < -0.4 is 4.74 Å². The molecule has 0 unspecified atom stereocenters. The molecule has 0 spiro atoms. The summed E-state index contributed by atoms with van der Waals surface area (Å²) in [5, 5.41) is 8.66. The van der Waals surface area contributed by atoms with E-state index in [0.29, 0.717) is 6.61 Å². The summed E-state index contributed by atoms with van der Waals surface area (Å²) < 4.78 is 5.33. The van der Waals surface area contributed by atoms with Crippen LogP contribution in [-0.2, 0) is 6.42 Å². The van der Waals surface area contributed by atoms with Crippen LogP contribution in [0.1, 0.15) is 45.1 Å². The Balaban J connectivity index is 2.18. The summed E-state index contributed by atoms with van der Waals surface area (Å²) in [6.07, 6.45) is 6.42. The van der Waals surface area contributed by atoms with Crippen molar-refractivity contribution in [3.63, 3.8) is 0 Å². The summed E-state index contributed by atoms with van der Waals surface area (Å²) in [5.74, 6) is 1.67. The molecule has 1 N–H and O–H groups in total. The van der Waals surface area contributed by atoms with E-state index in [1.807, 2.05) is 12.1 Å². The van der Waals surface area contributed by atoms with Crippen LogP contribution in [0.4, 0.5) is 0 Å². The van der Waals surface area contributed by atoms with E-state index in [2.05, 4.69) is 26.0 Å². The Morgan fingerprint density at radius 3 is 2.39 bits per heavy atom. The lowest BCUT2D eigenvalue weighted by Gasteiger charge is -2.06. The monoisotopic (exact) mass is 250 g/mol. The number of ether oxygens (including phenoxy) is 1. The summed E-state index contributed by atoms with van der Waals surface area (Å²) in [7, 11) is 0. The second-order valence-corrected chi connectivity index (χ2v) is 5.21. The van der Waals surface area contributed by atoms with Crippen LogP contribution >= 0.6 is 0 Å². The third-order valence-corrected chi connectivity index (χ3v) is 3.03. The lowest BCUT2D eigenvalue weighted by atomic mass is 10.0. The molecule has 18 heavy (non-hydrogen) atoms. The van der Waals surface area contributed by atoms with Crippen molar-refractivity contribution in [1.82, 2.24) is 0 Å². The predicted molar refractivity (Wildman–Crippen MR) is 76.0 cm³/mol. The number of aliphatic hydroxyl groups is 1. The molecule has 0 bridgehead atoms. The number of hydrogen-bond acceptors (Lipinski definition) is 2. The topological polar surface area (TPSA) is 29.5 Å². The molecule has 1 rings (SSSR count). The van der Waals surface area contributed by atoms with Gasteiger partial charge in [0.25, 0.3) is 0 Å². The van der Waals surface area contributed by atoms with Gasteiger partial charge in [0.1, 0.15) is 12.4 Å². The fourth-order valence-electron chi connectivity index (χ4n) is 1.97. The third kappa shape index (κ3) is 6.65. The van der Waals surface area contributed by atoms with Crippen LogP contribution in [0.5, 0.6) is 5.75 Å². The van der Waals surface area contributed by atoms with E-state index < -0.39 is 0 Å². The molecule has 0 aliphatic carbocycles. The number of hydrogen-bond donors (Lipinski definition) is 1. The first kappa shape index (κ1) is 15.0. The average molecular weight is 250 g/mol. The van der Waals surface area contributed by atoms with Gasteiger partial charge in [-0.2, -0.15) is 0 Å². The minimum Gasteiger partial charge on any atom is -0.491 e. The first-order valence-electron chi connectivity index (χ1n) is 7.05. The lowest BCUT2D eigenvalue weighted by Crippen LogP contribution is -2.01. The highest BCUT2D eigenvalue weighted by atomic mass is 16.5. The van der Waals surface area contributed by atoms with Gasteiger partial charge in [0.2, 0.25) is 0 Å². The molecule has 0 aliphatic rings. The van der Waals surface area contributed by atoms with Gasteiger partial charge in [0.15, 0.2) is 0 Å². The van der Waals surface area contributed by atoms with Gasteiger partial charge in [-0.05, 0) is 36.5 Å². The van der Waals surface area contributed by atoms with Crippen LogP contribution in [0.2, 0.25) is 0 Å². The van der Waals surface area contributed by atoms with Gasteiger partial charge >= 0.3 is 0 Å². The van der Waals surface area contributed by atoms with E-state index in [1.165, 1.54) is 31.2 Å². The van der Waals surface area contributed by atoms with Gasteiger partial charge in [-0.15, -0.1) is 0 Å². The van der Waals surface area contributed by atoms with Crippen molar-refractivity contribution in [2.45, 2.75) is 46.0 Å². The maximum absolute atomic E-state index is 8.66. The maximum Gasteiger partial charge on any atom is 0.119 e. The molecule has 0 saturated carbocycles. The Kier molecular flexibility index (Phi) is 7.51. The van der Waals surface area contributed by atoms with E-state index in [1.54, 1.807) is 0 Å². The van der Waals surface area contributed by atoms with Gasteiger partial charge in [-0.25, -0.2) is 0 Å². The van der Waals surface area contributed by atoms with Crippen molar-refractivity contribution < 1.29 is 9.84 Å². The SMILES string of the molecule is CC(C)CCCCCc1ccc(OCCO)cc1. The Morgan fingerprint density at radius 1 is 1.06 bits per heavy atom. The Morgan fingerprint density at radius 2 is 1.78 bits per heavy atom. The van der Waals surface area contributed by atoms with E-state index >= 15 is 0 Å². The van der Waals surface area contributed by atoms with Crippen molar-refractivity contribution in [1.29, 1.82) is 0 Å². The van der Waals surface area contributed by atoms with E-state index in [4.69, 9.17) is 9.84 Å². The second-order valence-electron chi connectivity index (χ2n) is 5.21. The van der Waals surface area contributed by atoms with Crippen LogP contribution in [0.3, 0.4) is 0 Å². The van der Waals surface area contributed by atoms with Gasteiger partial charge < -0.3 is 9.84 Å². The van der Waals surface area contributed by atoms with Crippen molar-refractivity contribution >= 4 is 0 Å². The summed E-state index contributed by atoms with van der Waals surface area (Å²) in [4.78, 5) is 0. The highest BCUT2D eigenvalue weighted by Gasteiger charge is 1.97. The Labute approximate surface area is 111 Å². The summed E-state index contributed by atoms with van der Waals surface area (Å²) in [6, 6.07) is 8.21. The van der Waals surface area contributed by atoms with E-state index in [9.17, 15) is 0 Å². The van der Waals surface area contributed by atoms with Crippen LogP contribution in [0.15, 0.2) is 24.3 Å². The molecule has 0 radical (unpaired) electrons.